The molecule has 25 heavy (non-hydrogen) atoms. The summed E-state index contributed by atoms with van der Waals surface area (Å²) < 4.78 is 40.9. The SMILES string of the molecule is Cc1cc(C)cc(C(c2ccccc2C(F)(F)F)N2CCNCC2)c1. The van der Waals surface area contributed by atoms with Crippen molar-refractivity contribution in [2.24, 2.45) is 0 Å². The predicted molar refractivity (Wildman–Crippen MR) is 93.6 cm³/mol. The summed E-state index contributed by atoms with van der Waals surface area (Å²) in [6.07, 6.45) is -4.36. The Morgan fingerprint density at radius 2 is 1.56 bits per heavy atom. The first-order valence-corrected chi connectivity index (χ1v) is 8.55. The average molecular weight is 348 g/mol. The molecule has 1 saturated heterocycles. The summed E-state index contributed by atoms with van der Waals surface area (Å²) in [7, 11) is 0. The number of hydrogen-bond donors (Lipinski definition) is 1. The zero-order valence-corrected chi connectivity index (χ0v) is 14.5. The highest BCUT2D eigenvalue weighted by Gasteiger charge is 2.37. The molecule has 0 aliphatic carbocycles. The van der Waals surface area contributed by atoms with Gasteiger partial charge in [-0.25, -0.2) is 0 Å². The van der Waals surface area contributed by atoms with Crippen molar-refractivity contribution in [2.45, 2.75) is 26.1 Å². The Hall–Kier alpha value is -1.85. The summed E-state index contributed by atoms with van der Waals surface area (Å²) in [5, 5.41) is 3.28. The fourth-order valence-electron chi connectivity index (χ4n) is 3.69. The van der Waals surface area contributed by atoms with E-state index in [2.05, 4.69) is 10.2 Å². The zero-order chi connectivity index (χ0) is 18.0. The van der Waals surface area contributed by atoms with E-state index in [1.54, 1.807) is 12.1 Å². The molecule has 0 saturated carbocycles. The minimum absolute atomic E-state index is 0.335. The quantitative estimate of drug-likeness (QED) is 0.889. The number of halogens is 3. The lowest BCUT2D eigenvalue weighted by atomic mass is 9.90. The van der Waals surface area contributed by atoms with E-state index in [1.165, 1.54) is 12.1 Å². The number of benzene rings is 2. The molecule has 0 bridgehead atoms. The Morgan fingerprint density at radius 3 is 2.16 bits per heavy atom. The van der Waals surface area contributed by atoms with Gasteiger partial charge in [-0.3, -0.25) is 4.90 Å². The van der Waals surface area contributed by atoms with Gasteiger partial charge in [-0.2, -0.15) is 13.2 Å². The molecule has 1 N–H and O–H groups in total. The summed E-state index contributed by atoms with van der Waals surface area (Å²) in [5.41, 5.74) is 2.86. The first-order chi connectivity index (χ1) is 11.9. The van der Waals surface area contributed by atoms with Crippen molar-refractivity contribution in [3.63, 3.8) is 0 Å². The summed E-state index contributed by atoms with van der Waals surface area (Å²) in [5.74, 6) is 0. The van der Waals surface area contributed by atoms with Crippen molar-refractivity contribution in [2.75, 3.05) is 26.2 Å². The van der Waals surface area contributed by atoms with Crippen molar-refractivity contribution in [1.29, 1.82) is 0 Å². The first kappa shape index (κ1) is 18.0. The van der Waals surface area contributed by atoms with Gasteiger partial charge in [-0.1, -0.05) is 47.5 Å². The smallest absolute Gasteiger partial charge is 0.314 e. The van der Waals surface area contributed by atoms with Gasteiger partial charge in [0.25, 0.3) is 0 Å². The molecule has 5 heteroatoms. The number of hydrogen-bond acceptors (Lipinski definition) is 2. The third-order valence-corrected chi connectivity index (χ3v) is 4.64. The van der Waals surface area contributed by atoms with Crippen LogP contribution in [0.3, 0.4) is 0 Å². The van der Waals surface area contributed by atoms with Crippen molar-refractivity contribution < 1.29 is 13.2 Å². The minimum Gasteiger partial charge on any atom is -0.314 e. The molecule has 1 atom stereocenters. The number of alkyl halides is 3. The monoisotopic (exact) mass is 348 g/mol. The fraction of sp³-hybridized carbons (Fsp3) is 0.400. The van der Waals surface area contributed by atoms with Gasteiger partial charge in [0.05, 0.1) is 11.6 Å². The van der Waals surface area contributed by atoms with E-state index in [4.69, 9.17) is 0 Å². The van der Waals surface area contributed by atoms with E-state index in [0.717, 1.165) is 42.9 Å². The van der Waals surface area contributed by atoms with Crippen LogP contribution in [0, 0.1) is 13.8 Å². The standard InChI is InChI=1S/C20H23F3N2/c1-14-11-15(2)13-16(12-14)19(25-9-7-24-8-10-25)17-5-3-4-6-18(17)20(21,22)23/h3-6,11-13,19,24H,7-10H2,1-2H3. The van der Waals surface area contributed by atoms with E-state index in [9.17, 15) is 13.2 Å². The maximum Gasteiger partial charge on any atom is 0.416 e. The Bertz CT molecular complexity index is 714. The van der Waals surface area contributed by atoms with E-state index >= 15 is 0 Å². The first-order valence-electron chi connectivity index (χ1n) is 8.55. The van der Waals surface area contributed by atoms with Crippen LogP contribution in [0.5, 0.6) is 0 Å². The third kappa shape index (κ3) is 4.05. The number of rotatable bonds is 3. The van der Waals surface area contributed by atoms with Crippen molar-refractivity contribution in [3.8, 4) is 0 Å². The lowest BCUT2D eigenvalue weighted by Crippen LogP contribution is -2.45. The van der Waals surface area contributed by atoms with Crippen molar-refractivity contribution >= 4 is 0 Å². The fourth-order valence-corrected chi connectivity index (χ4v) is 3.69. The molecule has 2 aromatic carbocycles. The van der Waals surface area contributed by atoms with Crippen LogP contribution < -0.4 is 5.32 Å². The van der Waals surface area contributed by atoms with Crippen LogP contribution in [0.1, 0.15) is 33.9 Å². The highest BCUT2D eigenvalue weighted by molar-refractivity contribution is 5.41. The maximum absolute atomic E-state index is 13.6. The van der Waals surface area contributed by atoms with Crippen molar-refractivity contribution in [1.82, 2.24) is 10.2 Å². The summed E-state index contributed by atoms with van der Waals surface area (Å²) >= 11 is 0. The molecule has 2 aromatic rings. The lowest BCUT2D eigenvalue weighted by Gasteiger charge is -2.37. The van der Waals surface area contributed by atoms with Gasteiger partial charge in [0.15, 0.2) is 0 Å². The zero-order valence-electron chi connectivity index (χ0n) is 14.5. The normalized spacial score (nSPS) is 17.5. The topological polar surface area (TPSA) is 15.3 Å². The van der Waals surface area contributed by atoms with Crippen LogP contribution in [0.2, 0.25) is 0 Å². The van der Waals surface area contributed by atoms with Gasteiger partial charge in [0.2, 0.25) is 0 Å². The molecule has 2 nitrogen and oxygen atoms in total. The molecule has 0 spiro atoms. The molecule has 1 aliphatic heterocycles. The van der Waals surface area contributed by atoms with Gasteiger partial charge in [-0.05, 0) is 31.0 Å². The highest BCUT2D eigenvalue weighted by Crippen LogP contribution is 2.39. The summed E-state index contributed by atoms with van der Waals surface area (Å²) in [6, 6.07) is 11.6. The van der Waals surface area contributed by atoms with E-state index < -0.39 is 17.8 Å². The number of nitrogens with one attached hydrogen (secondary N) is 1. The molecule has 0 radical (unpaired) electrons. The minimum atomic E-state index is -4.36. The molecule has 134 valence electrons. The van der Waals surface area contributed by atoms with Crippen LogP contribution in [-0.4, -0.2) is 31.1 Å². The average Bonchev–Trinajstić information content (AvgIpc) is 2.55. The molecular formula is C20H23F3N2. The Balaban J connectivity index is 2.15. The van der Waals surface area contributed by atoms with Crippen LogP contribution in [0.4, 0.5) is 13.2 Å². The Kier molecular flexibility index (Phi) is 5.16. The number of nitrogens with zero attached hydrogens (tertiary/aromatic N) is 1. The molecule has 0 amide bonds. The van der Waals surface area contributed by atoms with Crippen LogP contribution in [0.15, 0.2) is 42.5 Å². The molecular weight excluding hydrogens is 325 g/mol. The number of aryl methyl sites for hydroxylation is 2. The lowest BCUT2D eigenvalue weighted by molar-refractivity contribution is -0.138. The van der Waals surface area contributed by atoms with Gasteiger partial charge < -0.3 is 5.32 Å². The second-order valence-electron chi connectivity index (χ2n) is 6.69. The predicted octanol–water partition coefficient (Wildman–Crippen LogP) is 4.32. The van der Waals surface area contributed by atoms with E-state index in [1.807, 2.05) is 32.0 Å². The van der Waals surface area contributed by atoms with Crippen LogP contribution in [0.25, 0.3) is 0 Å². The second-order valence-corrected chi connectivity index (χ2v) is 6.69. The van der Waals surface area contributed by atoms with Gasteiger partial charge >= 0.3 is 6.18 Å². The largest absolute Gasteiger partial charge is 0.416 e. The molecule has 0 aromatic heterocycles. The van der Waals surface area contributed by atoms with E-state index in [-0.39, 0.29) is 0 Å². The molecule has 1 aliphatic rings. The van der Waals surface area contributed by atoms with Gasteiger partial charge in [-0.15, -0.1) is 0 Å². The van der Waals surface area contributed by atoms with Gasteiger partial charge in [0.1, 0.15) is 0 Å². The van der Waals surface area contributed by atoms with Crippen LogP contribution >= 0.6 is 0 Å². The molecule has 1 fully saturated rings. The Labute approximate surface area is 146 Å². The number of piperazine rings is 1. The van der Waals surface area contributed by atoms with Crippen LogP contribution in [-0.2, 0) is 6.18 Å². The summed E-state index contributed by atoms with van der Waals surface area (Å²) in [6.45, 7) is 7.00. The maximum atomic E-state index is 13.6. The Morgan fingerprint density at radius 1 is 0.960 bits per heavy atom. The molecule has 1 heterocycles. The third-order valence-electron chi connectivity index (χ3n) is 4.64. The van der Waals surface area contributed by atoms with E-state index in [0.29, 0.717) is 5.56 Å². The molecule has 3 rings (SSSR count). The molecule has 1 unspecified atom stereocenters. The second kappa shape index (κ2) is 7.18. The van der Waals surface area contributed by atoms with Gasteiger partial charge in [0, 0.05) is 26.2 Å². The van der Waals surface area contributed by atoms with Crippen molar-refractivity contribution in [3.05, 3.63) is 70.3 Å². The summed E-state index contributed by atoms with van der Waals surface area (Å²) in [4.78, 5) is 2.15. The highest BCUT2D eigenvalue weighted by atomic mass is 19.4.